The highest BCUT2D eigenvalue weighted by atomic mass is 15.1. The van der Waals surface area contributed by atoms with Gasteiger partial charge in [0.15, 0.2) is 0 Å². The zero-order chi connectivity index (χ0) is 13.2. The third-order valence-electron chi connectivity index (χ3n) is 4.02. The summed E-state index contributed by atoms with van der Waals surface area (Å²) < 4.78 is 0. The van der Waals surface area contributed by atoms with Gasteiger partial charge in [-0.3, -0.25) is 4.98 Å². The summed E-state index contributed by atoms with van der Waals surface area (Å²) >= 11 is 0. The van der Waals surface area contributed by atoms with E-state index in [0.717, 1.165) is 24.5 Å². The lowest BCUT2D eigenvalue weighted by Crippen LogP contribution is -2.41. The molecule has 2 N–H and O–H groups in total. The maximum atomic E-state index is 5.84. The van der Waals surface area contributed by atoms with Crippen LogP contribution in [-0.4, -0.2) is 29.5 Å². The van der Waals surface area contributed by atoms with E-state index in [1.807, 2.05) is 12.3 Å². The van der Waals surface area contributed by atoms with E-state index in [0.29, 0.717) is 6.04 Å². The van der Waals surface area contributed by atoms with Crippen molar-refractivity contribution < 1.29 is 0 Å². The molecule has 0 bridgehead atoms. The van der Waals surface area contributed by atoms with Gasteiger partial charge < -0.3 is 10.6 Å². The van der Waals surface area contributed by atoms with E-state index in [1.54, 1.807) is 0 Å². The first-order chi connectivity index (χ1) is 9.22. The van der Waals surface area contributed by atoms with Crippen LogP contribution >= 0.6 is 0 Å². The Labute approximate surface area is 114 Å². The van der Waals surface area contributed by atoms with Gasteiger partial charge in [-0.15, -0.1) is 0 Å². The number of hydrogen-bond donors (Lipinski definition) is 1. The molecule has 0 radical (unpaired) electrons. The topological polar surface area (TPSA) is 42.2 Å². The van der Waals surface area contributed by atoms with Gasteiger partial charge in [-0.2, -0.15) is 0 Å². The third kappa shape index (κ3) is 2.77. The zero-order valence-corrected chi connectivity index (χ0v) is 11.4. The lowest BCUT2D eigenvalue weighted by atomic mass is 9.80. The quantitative estimate of drug-likeness (QED) is 0.912. The number of para-hydroxylation sites is 1. The van der Waals surface area contributed by atoms with Gasteiger partial charge in [-0.05, 0) is 43.5 Å². The van der Waals surface area contributed by atoms with Crippen LogP contribution < -0.4 is 5.73 Å². The molecule has 3 heteroatoms. The van der Waals surface area contributed by atoms with Crippen molar-refractivity contribution in [2.24, 2.45) is 11.7 Å². The SMILES string of the molecule is CN(Cc1ccnc2ccccc12)CC1CC(N)C1. The fourth-order valence-electron chi connectivity index (χ4n) is 3.03. The zero-order valence-electron chi connectivity index (χ0n) is 11.4. The van der Waals surface area contributed by atoms with E-state index in [1.165, 1.54) is 23.8 Å². The van der Waals surface area contributed by atoms with Gasteiger partial charge in [-0.1, -0.05) is 18.2 Å². The van der Waals surface area contributed by atoms with Gasteiger partial charge in [0.1, 0.15) is 0 Å². The van der Waals surface area contributed by atoms with Crippen LogP contribution in [0, 0.1) is 5.92 Å². The predicted octanol–water partition coefficient (Wildman–Crippen LogP) is 2.40. The summed E-state index contributed by atoms with van der Waals surface area (Å²) in [6.45, 7) is 2.12. The molecule has 0 unspecified atom stereocenters. The Hall–Kier alpha value is -1.45. The largest absolute Gasteiger partial charge is 0.328 e. The Morgan fingerprint density at radius 2 is 2.05 bits per heavy atom. The Kier molecular flexibility index (Phi) is 3.49. The Morgan fingerprint density at radius 1 is 1.26 bits per heavy atom. The number of rotatable bonds is 4. The van der Waals surface area contributed by atoms with Gasteiger partial charge in [0, 0.05) is 30.7 Å². The number of fused-ring (bicyclic) bond motifs is 1. The number of aromatic nitrogens is 1. The summed E-state index contributed by atoms with van der Waals surface area (Å²) in [5.41, 5.74) is 8.29. The van der Waals surface area contributed by atoms with Gasteiger partial charge >= 0.3 is 0 Å². The first-order valence-electron chi connectivity index (χ1n) is 6.99. The molecule has 1 aromatic carbocycles. The highest BCUT2D eigenvalue weighted by Gasteiger charge is 2.26. The van der Waals surface area contributed by atoms with E-state index in [9.17, 15) is 0 Å². The number of pyridine rings is 1. The van der Waals surface area contributed by atoms with E-state index >= 15 is 0 Å². The van der Waals surface area contributed by atoms with Crippen LogP contribution in [0.1, 0.15) is 18.4 Å². The lowest BCUT2D eigenvalue weighted by Gasteiger charge is -2.35. The molecule has 0 amide bonds. The molecule has 100 valence electrons. The second kappa shape index (κ2) is 5.27. The highest BCUT2D eigenvalue weighted by Crippen LogP contribution is 2.27. The summed E-state index contributed by atoms with van der Waals surface area (Å²) in [5.74, 6) is 0.785. The minimum Gasteiger partial charge on any atom is -0.328 e. The van der Waals surface area contributed by atoms with Gasteiger partial charge in [0.2, 0.25) is 0 Å². The summed E-state index contributed by atoms with van der Waals surface area (Å²) in [7, 11) is 2.19. The van der Waals surface area contributed by atoms with Crippen LogP contribution in [0.15, 0.2) is 36.5 Å². The molecule has 1 aliphatic rings. The van der Waals surface area contributed by atoms with Gasteiger partial charge in [0.05, 0.1) is 5.52 Å². The maximum Gasteiger partial charge on any atom is 0.0705 e. The number of nitrogens with zero attached hydrogens (tertiary/aromatic N) is 2. The average molecular weight is 255 g/mol. The van der Waals surface area contributed by atoms with Crippen LogP contribution in [-0.2, 0) is 6.54 Å². The Bertz CT molecular complexity index is 555. The molecular formula is C16H21N3. The molecule has 1 aliphatic carbocycles. The number of hydrogen-bond acceptors (Lipinski definition) is 3. The maximum absolute atomic E-state index is 5.84. The molecule has 0 spiro atoms. The molecule has 1 aromatic heterocycles. The lowest BCUT2D eigenvalue weighted by molar-refractivity contribution is 0.178. The Morgan fingerprint density at radius 3 is 2.84 bits per heavy atom. The number of nitrogens with two attached hydrogens (primary N) is 1. The minimum atomic E-state index is 0.445. The standard InChI is InChI=1S/C16H21N3/c1-19(10-12-8-14(17)9-12)11-13-6-7-18-16-5-3-2-4-15(13)16/h2-7,12,14H,8-11,17H2,1H3. The van der Waals surface area contributed by atoms with Crippen molar-refractivity contribution in [1.29, 1.82) is 0 Å². The fourth-order valence-corrected chi connectivity index (χ4v) is 3.03. The molecular weight excluding hydrogens is 234 g/mol. The Balaban J connectivity index is 1.70. The van der Waals surface area contributed by atoms with Crippen LogP contribution in [0.25, 0.3) is 10.9 Å². The molecule has 1 fully saturated rings. The molecule has 3 rings (SSSR count). The molecule has 0 atom stereocenters. The molecule has 0 aliphatic heterocycles. The van der Waals surface area contributed by atoms with E-state index in [-0.39, 0.29) is 0 Å². The first kappa shape index (κ1) is 12.6. The average Bonchev–Trinajstić information content (AvgIpc) is 2.37. The van der Waals surface area contributed by atoms with Crippen molar-refractivity contribution in [3.8, 4) is 0 Å². The molecule has 1 saturated carbocycles. The summed E-state index contributed by atoms with van der Waals surface area (Å²) in [4.78, 5) is 6.81. The second-order valence-corrected chi connectivity index (χ2v) is 5.78. The second-order valence-electron chi connectivity index (χ2n) is 5.78. The van der Waals surface area contributed by atoms with Crippen LogP contribution in [0.4, 0.5) is 0 Å². The van der Waals surface area contributed by atoms with Crippen molar-refractivity contribution in [1.82, 2.24) is 9.88 Å². The van der Waals surface area contributed by atoms with Crippen molar-refractivity contribution in [2.45, 2.75) is 25.4 Å². The summed E-state index contributed by atoms with van der Waals surface area (Å²) in [6.07, 6.45) is 4.27. The fraction of sp³-hybridized carbons (Fsp3) is 0.438. The smallest absolute Gasteiger partial charge is 0.0705 e. The van der Waals surface area contributed by atoms with Crippen molar-refractivity contribution >= 4 is 10.9 Å². The van der Waals surface area contributed by atoms with Crippen molar-refractivity contribution in [3.63, 3.8) is 0 Å². The van der Waals surface area contributed by atoms with Crippen LogP contribution in [0.3, 0.4) is 0 Å². The normalized spacial score (nSPS) is 22.7. The summed E-state index contributed by atoms with van der Waals surface area (Å²) in [6, 6.07) is 10.9. The van der Waals surface area contributed by atoms with Crippen molar-refractivity contribution in [2.75, 3.05) is 13.6 Å². The van der Waals surface area contributed by atoms with Gasteiger partial charge in [0.25, 0.3) is 0 Å². The highest BCUT2D eigenvalue weighted by molar-refractivity contribution is 5.81. The van der Waals surface area contributed by atoms with Crippen LogP contribution in [0.5, 0.6) is 0 Å². The molecule has 3 nitrogen and oxygen atoms in total. The van der Waals surface area contributed by atoms with E-state index < -0.39 is 0 Å². The minimum absolute atomic E-state index is 0.445. The molecule has 1 heterocycles. The van der Waals surface area contributed by atoms with Gasteiger partial charge in [-0.25, -0.2) is 0 Å². The van der Waals surface area contributed by atoms with Crippen molar-refractivity contribution in [3.05, 3.63) is 42.1 Å². The molecule has 2 aromatic rings. The molecule has 0 saturated heterocycles. The third-order valence-corrected chi connectivity index (χ3v) is 4.02. The van der Waals surface area contributed by atoms with E-state index in [2.05, 4.69) is 41.2 Å². The van der Waals surface area contributed by atoms with E-state index in [4.69, 9.17) is 5.73 Å². The summed E-state index contributed by atoms with van der Waals surface area (Å²) in [5, 5.41) is 1.27. The first-order valence-corrected chi connectivity index (χ1v) is 6.99. The molecule has 19 heavy (non-hydrogen) atoms. The predicted molar refractivity (Wildman–Crippen MR) is 78.8 cm³/mol. The van der Waals surface area contributed by atoms with Crippen LogP contribution in [0.2, 0.25) is 0 Å². The monoisotopic (exact) mass is 255 g/mol. The number of benzene rings is 1.